The van der Waals surface area contributed by atoms with E-state index in [1.165, 1.54) is 11.1 Å². The van der Waals surface area contributed by atoms with Crippen LogP contribution in [0.5, 0.6) is 5.75 Å². The quantitative estimate of drug-likeness (QED) is 0.804. The van der Waals surface area contributed by atoms with Crippen LogP contribution >= 0.6 is 0 Å². The second kappa shape index (κ2) is 11.3. The van der Waals surface area contributed by atoms with Gasteiger partial charge in [-0.05, 0) is 30.7 Å². The van der Waals surface area contributed by atoms with Crippen LogP contribution in [0.1, 0.15) is 25.0 Å². The van der Waals surface area contributed by atoms with Gasteiger partial charge in [-0.3, -0.25) is 4.98 Å². The van der Waals surface area contributed by atoms with E-state index in [2.05, 4.69) is 17.2 Å². The minimum atomic E-state index is 0. The maximum atomic E-state index is 5.21. The molecule has 3 nitrogen and oxygen atoms in total. The van der Waals surface area contributed by atoms with Crippen molar-refractivity contribution in [3.05, 3.63) is 59.2 Å². The second-order valence-electron chi connectivity index (χ2n) is 3.82. The van der Waals surface area contributed by atoms with E-state index in [0.29, 0.717) is 6.54 Å². The molecule has 102 valence electrons. The van der Waals surface area contributed by atoms with Crippen molar-refractivity contribution < 1.29 is 56.1 Å². The third-order valence-electron chi connectivity index (χ3n) is 2.63. The number of nitrogens with zero attached hydrogens (tertiary/aromatic N) is 2. The first-order valence-corrected chi connectivity index (χ1v) is 6.50. The van der Waals surface area contributed by atoms with Gasteiger partial charge in [-0.25, -0.2) is 0 Å². The molecule has 0 aliphatic heterocycles. The Labute approximate surface area is 164 Å². The molecule has 2 rings (SSSR count). The predicted molar refractivity (Wildman–Crippen MR) is 80.0 cm³/mol. The fraction of sp³-hybridized carbons (Fsp3) is 0.312. The number of aryl methyl sites for hydroxylation is 1. The molecular weight excluding hydrogens is 275 g/mol. The van der Waals surface area contributed by atoms with Crippen LogP contribution in [0, 0.1) is 6.92 Å². The molecule has 4 heteroatoms. The number of hydrogen-bond acceptors (Lipinski definition) is 2. The van der Waals surface area contributed by atoms with Crippen LogP contribution in [0.2, 0.25) is 0 Å². The molecule has 1 heterocycles. The average molecular weight is 296 g/mol. The second-order valence-corrected chi connectivity index (χ2v) is 3.82. The minimum Gasteiger partial charge on any atom is -0.679 e. The smallest absolute Gasteiger partial charge is 0.679 e. The van der Waals surface area contributed by atoms with E-state index in [4.69, 9.17) is 4.74 Å². The Morgan fingerprint density at radius 3 is 2.55 bits per heavy atom. The van der Waals surface area contributed by atoms with Crippen molar-refractivity contribution in [1.82, 2.24) is 4.98 Å². The summed E-state index contributed by atoms with van der Waals surface area (Å²) in [6.45, 7) is 6.72. The largest absolute Gasteiger partial charge is 1.00 e. The molecule has 0 atom stereocenters. The summed E-state index contributed by atoms with van der Waals surface area (Å²) >= 11 is 0. The molecule has 0 fully saturated rings. The van der Waals surface area contributed by atoms with Crippen molar-refractivity contribution in [3.63, 3.8) is 0 Å². The Morgan fingerprint density at radius 1 is 1.20 bits per heavy atom. The average Bonchev–Trinajstić information content (AvgIpc) is 2.49. The summed E-state index contributed by atoms with van der Waals surface area (Å²) in [5, 5.41) is 4.49. The minimum absolute atomic E-state index is 0. The predicted octanol–water partition coefficient (Wildman–Crippen LogP) is 1.63. The van der Waals surface area contributed by atoms with E-state index in [1.54, 1.807) is 19.5 Å². The van der Waals surface area contributed by atoms with Gasteiger partial charge in [0.1, 0.15) is 5.75 Å². The number of ether oxygens (including phenoxy) is 1. The van der Waals surface area contributed by atoms with Crippen LogP contribution in [0.3, 0.4) is 0 Å². The molecule has 20 heavy (non-hydrogen) atoms. The van der Waals surface area contributed by atoms with Crippen LogP contribution in [0.25, 0.3) is 5.32 Å². The zero-order valence-electron chi connectivity index (χ0n) is 13.1. The molecule has 0 aliphatic rings. The molecule has 0 aliphatic carbocycles. The number of rotatable bonds is 4. The van der Waals surface area contributed by atoms with E-state index < -0.39 is 0 Å². The van der Waals surface area contributed by atoms with Crippen molar-refractivity contribution in [1.29, 1.82) is 0 Å². The first-order valence-electron chi connectivity index (χ1n) is 6.50. The van der Waals surface area contributed by atoms with Gasteiger partial charge in [0, 0.05) is 12.4 Å². The molecule has 1 aromatic carbocycles. The van der Waals surface area contributed by atoms with Crippen LogP contribution in [0.4, 0.5) is 5.69 Å². The SMILES string of the molecule is CC.COc1ccc(C)c(C[N-]c2cccnc2)c1.[K+]. The first kappa shape index (κ1) is 19.6. The standard InChI is InChI=1S/C14H15N2O.C2H6.K/c1-11-5-6-14(17-2)8-12(11)9-16-13-4-3-7-15-10-13;1-2;/h3-8,10H,9H2,1-2H3;1-2H3;/q-1;;+1. The summed E-state index contributed by atoms with van der Waals surface area (Å²) < 4.78 is 5.21. The van der Waals surface area contributed by atoms with Crippen LogP contribution in [0.15, 0.2) is 42.7 Å². The summed E-state index contributed by atoms with van der Waals surface area (Å²) in [5.41, 5.74) is 3.29. The van der Waals surface area contributed by atoms with Gasteiger partial charge in [-0.15, -0.1) is 12.2 Å². The topological polar surface area (TPSA) is 36.2 Å². The van der Waals surface area contributed by atoms with Gasteiger partial charge >= 0.3 is 51.4 Å². The Kier molecular flexibility index (Phi) is 11.1. The van der Waals surface area contributed by atoms with E-state index in [0.717, 1.165) is 11.4 Å². The van der Waals surface area contributed by atoms with Gasteiger partial charge in [0.25, 0.3) is 0 Å². The number of benzene rings is 1. The summed E-state index contributed by atoms with van der Waals surface area (Å²) in [5.74, 6) is 0.868. The summed E-state index contributed by atoms with van der Waals surface area (Å²) in [6, 6.07) is 9.87. The molecule has 0 spiro atoms. The molecule has 0 unspecified atom stereocenters. The van der Waals surface area contributed by atoms with E-state index in [9.17, 15) is 0 Å². The van der Waals surface area contributed by atoms with Crippen molar-refractivity contribution in [2.75, 3.05) is 7.11 Å². The molecule has 0 bridgehead atoms. The fourth-order valence-corrected chi connectivity index (χ4v) is 1.57. The molecule has 2 aromatic rings. The molecule has 0 saturated carbocycles. The van der Waals surface area contributed by atoms with Crippen LogP contribution < -0.4 is 56.1 Å². The zero-order valence-corrected chi connectivity index (χ0v) is 16.2. The Hall–Kier alpha value is -0.394. The number of hydrogen-bond donors (Lipinski definition) is 0. The molecular formula is C16H21KN2O. The molecule has 0 radical (unpaired) electrons. The normalized spacial score (nSPS) is 8.80. The number of methoxy groups -OCH3 is 1. The maximum absolute atomic E-state index is 5.21. The third-order valence-corrected chi connectivity index (χ3v) is 2.63. The first-order chi connectivity index (χ1) is 9.29. The van der Waals surface area contributed by atoms with Gasteiger partial charge in [0.15, 0.2) is 0 Å². The van der Waals surface area contributed by atoms with Crippen molar-refractivity contribution >= 4 is 5.69 Å². The van der Waals surface area contributed by atoms with Gasteiger partial charge in [-0.1, -0.05) is 31.5 Å². The summed E-state index contributed by atoms with van der Waals surface area (Å²) in [7, 11) is 1.67. The maximum Gasteiger partial charge on any atom is 1.00 e. The van der Waals surface area contributed by atoms with Gasteiger partial charge < -0.3 is 10.1 Å². The number of pyridine rings is 1. The molecule has 0 amide bonds. The summed E-state index contributed by atoms with van der Waals surface area (Å²) in [6.07, 6.45) is 3.51. The van der Waals surface area contributed by atoms with Crippen molar-refractivity contribution in [3.8, 4) is 5.75 Å². The van der Waals surface area contributed by atoms with Crippen LogP contribution in [-0.4, -0.2) is 12.1 Å². The van der Waals surface area contributed by atoms with E-state index in [-0.39, 0.29) is 51.4 Å². The van der Waals surface area contributed by atoms with Gasteiger partial charge in [0.2, 0.25) is 0 Å². The van der Waals surface area contributed by atoms with Gasteiger partial charge in [0.05, 0.1) is 7.11 Å². The monoisotopic (exact) mass is 296 g/mol. The number of aromatic nitrogens is 1. The van der Waals surface area contributed by atoms with E-state index >= 15 is 0 Å². The molecule has 1 aromatic heterocycles. The Morgan fingerprint density at radius 2 is 1.95 bits per heavy atom. The Bertz CT molecular complexity index is 489. The van der Waals surface area contributed by atoms with Gasteiger partial charge in [-0.2, -0.15) is 0 Å². The third kappa shape index (κ3) is 6.37. The van der Waals surface area contributed by atoms with Crippen molar-refractivity contribution in [2.45, 2.75) is 27.3 Å². The van der Waals surface area contributed by atoms with Crippen LogP contribution in [-0.2, 0) is 6.54 Å². The van der Waals surface area contributed by atoms with Crippen molar-refractivity contribution in [2.24, 2.45) is 0 Å². The summed E-state index contributed by atoms with van der Waals surface area (Å²) in [4.78, 5) is 4.03. The Balaban J connectivity index is 0.00000115. The van der Waals surface area contributed by atoms with E-state index in [1.807, 2.05) is 44.2 Å². The molecule has 0 N–H and O–H groups in total. The zero-order chi connectivity index (χ0) is 14.1. The fourth-order valence-electron chi connectivity index (χ4n) is 1.57. The molecule has 0 saturated heterocycles.